The van der Waals surface area contributed by atoms with Crippen molar-refractivity contribution >= 4 is 0 Å². The van der Waals surface area contributed by atoms with Crippen LogP contribution in [0.2, 0.25) is 0 Å². The normalized spacial score (nSPS) is 12.1. The van der Waals surface area contributed by atoms with Crippen LogP contribution in [-0.4, -0.2) is 6.54 Å². The Morgan fingerprint density at radius 3 is 2.57 bits per heavy atom. The fourth-order valence-electron chi connectivity index (χ4n) is 2.58. The minimum absolute atomic E-state index is 0.351. The molecule has 1 N–H and O–H groups in total. The van der Waals surface area contributed by atoms with E-state index < -0.39 is 0 Å². The molecule has 1 atom stereocenters. The van der Waals surface area contributed by atoms with E-state index in [0.717, 1.165) is 18.7 Å². The second kappa shape index (κ2) is 7.84. The first-order chi connectivity index (χ1) is 10.2. The van der Waals surface area contributed by atoms with Crippen LogP contribution in [0.1, 0.15) is 43.0 Å². The summed E-state index contributed by atoms with van der Waals surface area (Å²) in [5.74, 6) is 0.979. The summed E-state index contributed by atoms with van der Waals surface area (Å²) in [6, 6.07) is 17.1. The van der Waals surface area contributed by atoms with Crippen molar-refractivity contribution in [1.29, 1.82) is 0 Å². The number of hydrogen-bond donors (Lipinski definition) is 1. The lowest BCUT2D eigenvalue weighted by Gasteiger charge is -2.20. The number of benzene rings is 2. The predicted molar refractivity (Wildman–Crippen MR) is 88.7 cm³/mol. The molecule has 2 nitrogen and oxygen atoms in total. The molecule has 0 bridgehead atoms. The summed E-state index contributed by atoms with van der Waals surface area (Å²) < 4.78 is 6.07. The summed E-state index contributed by atoms with van der Waals surface area (Å²) >= 11 is 0. The Bertz CT molecular complexity index is 565. The number of ether oxygens (including phenoxy) is 1. The summed E-state index contributed by atoms with van der Waals surface area (Å²) in [6.07, 6.45) is 1.05. The highest BCUT2D eigenvalue weighted by Gasteiger charge is 2.13. The van der Waals surface area contributed by atoms with E-state index in [0.29, 0.717) is 12.6 Å². The van der Waals surface area contributed by atoms with Gasteiger partial charge in [0.25, 0.3) is 0 Å². The second-order valence-corrected chi connectivity index (χ2v) is 5.33. The van der Waals surface area contributed by atoms with Crippen molar-refractivity contribution in [1.82, 2.24) is 5.32 Å². The molecule has 0 aliphatic rings. The molecule has 0 aromatic heterocycles. The van der Waals surface area contributed by atoms with E-state index in [-0.39, 0.29) is 0 Å². The van der Waals surface area contributed by atoms with Gasteiger partial charge >= 0.3 is 0 Å². The van der Waals surface area contributed by atoms with Crippen LogP contribution in [0.25, 0.3) is 0 Å². The summed E-state index contributed by atoms with van der Waals surface area (Å²) in [6.45, 7) is 8.02. The largest absolute Gasteiger partial charge is 0.489 e. The Morgan fingerprint density at radius 1 is 1.05 bits per heavy atom. The Labute approximate surface area is 128 Å². The molecule has 2 heteroatoms. The summed E-state index contributed by atoms with van der Waals surface area (Å²) in [5, 5.41) is 3.52. The van der Waals surface area contributed by atoms with Gasteiger partial charge in [0.05, 0.1) is 0 Å². The van der Waals surface area contributed by atoms with E-state index in [1.807, 2.05) is 6.07 Å². The van der Waals surface area contributed by atoms with E-state index in [2.05, 4.69) is 68.6 Å². The van der Waals surface area contributed by atoms with Crippen LogP contribution in [0.3, 0.4) is 0 Å². The maximum absolute atomic E-state index is 6.07. The molecular weight excluding hydrogens is 258 g/mol. The molecule has 0 saturated carbocycles. The molecule has 0 amide bonds. The van der Waals surface area contributed by atoms with Crippen LogP contribution in [0, 0.1) is 6.92 Å². The molecule has 0 saturated heterocycles. The van der Waals surface area contributed by atoms with Crippen LogP contribution in [-0.2, 0) is 6.61 Å². The minimum Gasteiger partial charge on any atom is -0.489 e. The lowest BCUT2D eigenvalue weighted by molar-refractivity contribution is 0.298. The number of aryl methyl sites for hydroxylation is 1. The Hall–Kier alpha value is -1.80. The molecule has 1 unspecified atom stereocenters. The average molecular weight is 283 g/mol. The van der Waals surface area contributed by atoms with Gasteiger partial charge in [-0.2, -0.15) is 0 Å². The van der Waals surface area contributed by atoms with Crippen LogP contribution >= 0.6 is 0 Å². The van der Waals surface area contributed by atoms with Crippen LogP contribution in [0.15, 0.2) is 48.5 Å². The minimum atomic E-state index is 0.351. The topological polar surface area (TPSA) is 21.3 Å². The third-order valence-corrected chi connectivity index (χ3v) is 3.63. The zero-order valence-corrected chi connectivity index (χ0v) is 13.2. The molecule has 0 aliphatic carbocycles. The Kier molecular flexibility index (Phi) is 5.82. The highest BCUT2D eigenvalue weighted by atomic mass is 16.5. The molecule has 21 heavy (non-hydrogen) atoms. The van der Waals surface area contributed by atoms with Crippen LogP contribution in [0.5, 0.6) is 5.75 Å². The Balaban J connectivity index is 2.12. The van der Waals surface area contributed by atoms with Crippen molar-refractivity contribution in [2.24, 2.45) is 0 Å². The van der Waals surface area contributed by atoms with Crippen molar-refractivity contribution < 1.29 is 4.74 Å². The van der Waals surface area contributed by atoms with Crippen LogP contribution in [0.4, 0.5) is 0 Å². The molecule has 0 fully saturated rings. The van der Waals surface area contributed by atoms with E-state index in [1.54, 1.807) is 0 Å². The van der Waals surface area contributed by atoms with Gasteiger partial charge in [-0.15, -0.1) is 0 Å². The van der Waals surface area contributed by atoms with Crippen molar-refractivity contribution in [2.45, 2.75) is 39.8 Å². The van der Waals surface area contributed by atoms with Crippen molar-refractivity contribution in [3.8, 4) is 5.75 Å². The highest BCUT2D eigenvalue weighted by Crippen LogP contribution is 2.27. The van der Waals surface area contributed by atoms with E-state index in [9.17, 15) is 0 Å². The first kappa shape index (κ1) is 15.6. The van der Waals surface area contributed by atoms with Gasteiger partial charge in [-0.05, 0) is 31.5 Å². The van der Waals surface area contributed by atoms with Gasteiger partial charge in [0.15, 0.2) is 0 Å². The quantitative estimate of drug-likeness (QED) is 0.799. The highest BCUT2D eigenvalue weighted by molar-refractivity contribution is 5.36. The third kappa shape index (κ3) is 4.33. The van der Waals surface area contributed by atoms with E-state index in [1.165, 1.54) is 16.7 Å². The molecule has 0 radical (unpaired) electrons. The Morgan fingerprint density at radius 2 is 1.86 bits per heavy atom. The van der Waals surface area contributed by atoms with E-state index in [4.69, 9.17) is 4.74 Å². The number of para-hydroxylation sites is 1. The van der Waals surface area contributed by atoms with Gasteiger partial charge in [0.2, 0.25) is 0 Å². The molecule has 2 aromatic rings. The van der Waals surface area contributed by atoms with Gasteiger partial charge in [-0.1, -0.05) is 61.9 Å². The summed E-state index contributed by atoms with van der Waals surface area (Å²) in [5.41, 5.74) is 3.72. The van der Waals surface area contributed by atoms with Crippen molar-refractivity contribution in [2.75, 3.05) is 6.54 Å². The molecular formula is C19H25NO. The fourth-order valence-corrected chi connectivity index (χ4v) is 2.58. The van der Waals surface area contributed by atoms with Crippen molar-refractivity contribution in [3.05, 3.63) is 65.2 Å². The van der Waals surface area contributed by atoms with Gasteiger partial charge in [-0.3, -0.25) is 0 Å². The van der Waals surface area contributed by atoms with Gasteiger partial charge in [-0.25, -0.2) is 0 Å². The van der Waals surface area contributed by atoms with E-state index >= 15 is 0 Å². The smallest absolute Gasteiger partial charge is 0.124 e. The van der Waals surface area contributed by atoms with Gasteiger partial charge in [0, 0.05) is 11.6 Å². The summed E-state index contributed by atoms with van der Waals surface area (Å²) in [7, 11) is 0. The predicted octanol–water partition coefficient (Wildman–Crippen LogP) is 4.63. The maximum Gasteiger partial charge on any atom is 0.124 e. The second-order valence-electron chi connectivity index (χ2n) is 5.33. The zero-order valence-electron chi connectivity index (χ0n) is 13.2. The molecule has 0 spiro atoms. The molecule has 112 valence electrons. The standard InChI is InChI=1S/C19H25NO/c1-4-18(20-5-2)17-11-6-7-12-19(17)21-14-16-10-8-9-15(3)13-16/h6-13,18,20H,4-5,14H2,1-3H3. The van der Waals surface area contributed by atoms with Gasteiger partial charge in [0.1, 0.15) is 12.4 Å². The average Bonchev–Trinajstić information content (AvgIpc) is 2.51. The third-order valence-electron chi connectivity index (χ3n) is 3.63. The number of hydrogen-bond acceptors (Lipinski definition) is 2. The SMILES string of the molecule is CCNC(CC)c1ccccc1OCc1cccc(C)c1. The first-order valence-electron chi connectivity index (χ1n) is 7.75. The molecule has 2 aromatic carbocycles. The molecule has 0 aliphatic heterocycles. The monoisotopic (exact) mass is 283 g/mol. The number of rotatable bonds is 7. The maximum atomic E-state index is 6.07. The number of nitrogens with one attached hydrogen (secondary N) is 1. The first-order valence-corrected chi connectivity index (χ1v) is 7.75. The fraction of sp³-hybridized carbons (Fsp3) is 0.368. The van der Waals surface area contributed by atoms with Crippen molar-refractivity contribution in [3.63, 3.8) is 0 Å². The van der Waals surface area contributed by atoms with Crippen LogP contribution < -0.4 is 10.1 Å². The molecule has 0 heterocycles. The summed E-state index contributed by atoms with van der Waals surface area (Å²) in [4.78, 5) is 0. The lowest BCUT2D eigenvalue weighted by atomic mass is 10.0. The lowest BCUT2D eigenvalue weighted by Crippen LogP contribution is -2.20. The zero-order chi connectivity index (χ0) is 15.1. The van der Waals surface area contributed by atoms with Gasteiger partial charge < -0.3 is 10.1 Å². The molecule has 2 rings (SSSR count).